The maximum absolute atomic E-state index is 2.36. The minimum absolute atomic E-state index is 0. The van der Waals surface area contributed by atoms with E-state index in [0.717, 1.165) is 0 Å². The fourth-order valence-corrected chi connectivity index (χ4v) is 6.33. The first-order valence-corrected chi connectivity index (χ1v) is 22.2. The fraction of sp³-hybridized carbons (Fsp3) is 0.209. The van der Waals surface area contributed by atoms with Gasteiger partial charge in [0.15, 0.2) is 0 Å². The summed E-state index contributed by atoms with van der Waals surface area (Å²) in [5.41, 5.74) is 12.4. The van der Waals surface area contributed by atoms with Gasteiger partial charge in [0.2, 0.25) is 0 Å². The van der Waals surface area contributed by atoms with Crippen molar-refractivity contribution in [2.45, 2.75) is 60.6 Å². The number of benzene rings is 5. The average molecular weight is 751 g/mol. The number of hydrogen-bond acceptors (Lipinski definition) is 0. The molecule has 47 heavy (non-hydrogen) atoms. The van der Waals surface area contributed by atoms with Crippen LogP contribution in [0.4, 0.5) is 0 Å². The Morgan fingerprint density at radius 3 is 1.81 bits per heavy atom. The first kappa shape index (κ1) is 38.7. The van der Waals surface area contributed by atoms with Crippen LogP contribution in [0.25, 0.3) is 54.6 Å². The molecule has 0 unspecified atom stereocenters. The van der Waals surface area contributed by atoms with Crippen molar-refractivity contribution in [2.75, 3.05) is 0 Å². The Hall–Kier alpha value is -2.74. The van der Waals surface area contributed by atoms with E-state index in [-0.39, 0.29) is 30.2 Å². The molecule has 0 atom stereocenters. The number of fused-ring (bicyclic) bond motifs is 3. The van der Waals surface area contributed by atoms with E-state index < -0.39 is 0 Å². The third kappa shape index (κ3) is 8.84. The van der Waals surface area contributed by atoms with Crippen LogP contribution in [0, 0.1) is 27.7 Å². The van der Waals surface area contributed by atoms with Crippen LogP contribution in [0.15, 0.2) is 115 Å². The van der Waals surface area contributed by atoms with Crippen molar-refractivity contribution < 1.29 is 48.1 Å². The molecule has 0 saturated heterocycles. The molecule has 4 heteroatoms. The second-order valence-corrected chi connectivity index (χ2v) is 22.2. The smallest absolute Gasteiger partial charge is 0.0220 e. The van der Waals surface area contributed by atoms with Crippen LogP contribution in [0.1, 0.15) is 47.6 Å². The van der Waals surface area contributed by atoms with Crippen molar-refractivity contribution in [1.29, 1.82) is 0 Å². The van der Waals surface area contributed by atoms with Crippen molar-refractivity contribution >= 4 is 37.8 Å². The zero-order valence-electron chi connectivity index (χ0n) is 28.8. The van der Waals surface area contributed by atoms with Gasteiger partial charge in [-0.15, -0.1) is 68.6 Å². The number of rotatable bonds is 3. The van der Waals surface area contributed by atoms with Crippen LogP contribution in [0.5, 0.6) is 0 Å². The standard InChI is InChI=1S/C22H19.C19H19.C2H6Si.2ClH.Zr/c1-15(2)18-13-17-9-6-12-21(22(17)14-18)20-11-5-8-16-7-3-4-10-19(16)20;1-12-10-17-13(2)8-9-16(18(17)11-12)19-14(3)6-5-7-15(19)4;1-3-2;;;/h3-15H,1-2H3;5-11H,1-4H3;1-2H3;2*1H;/q2*-1;;;;+2/p-2. The largest absolute Gasteiger partial charge is 1.00 e. The van der Waals surface area contributed by atoms with E-state index in [1.807, 2.05) is 0 Å². The third-order valence-electron chi connectivity index (χ3n) is 8.52. The normalized spacial score (nSPS) is 10.5. The molecule has 0 aliphatic heterocycles. The van der Waals surface area contributed by atoms with E-state index >= 15 is 0 Å². The molecule has 0 radical (unpaired) electrons. The molecule has 0 N–H and O–H groups in total. The molecule has 7 aromatic rings. The Morgan fingerprint density at radius 1 is 0.574 bits per heavy atom. The minimum atomic E-state index is 0. The second-order valence-electron chi connectivity index (χ2n) is 12.8. The van der Waals surface area contributed by atoms with Gasteiger partial charge in [-0.2, -0.15) is 12.1 Å². The maximum Gasteiger partial charge on any atom is -0.0220 e. The first-order chi connectivity index (χ1) is 21.5. The molecule has 0 bridgehead atoms. The number of halogens is 2. The number of aryl methyl sites for hydroxylation is 4. The summed E-state index contributed by atoms with van der Waals surface area (Å²) in [6, 6.07) is 42.2. The van der Waals surface area contributed by atoms with Crippen molar-refractivity contribution in [3.8, 4) is 22.3 Å². The monoisotopic (exact) mass is 748 g/mol. The van der Waals surface area contributed by atoms with Crippen LogP contribution in [-0.4, -0.2) is 5.43 Å². The summed E-state index contributed by atoms with van der Waals surface area (Å²) < 4.78 is 0. The number of hydrogen-bond donors (Lipinski definition) is 0. The summed E-state index contributed by atoms with van der Waals surface area (Å²) in [5, 5.41) is 8.10. The molecule has 0 heterocycles. The van der Waals surface area contributed by atoms with Crippen LogP contribution >= 0.6 is 0 Å². The second kappa shape index (κ2) is 17.1. The van der Waals surface area contributed by atoms with E-state index in [1.54, 1.807) is 23.3 Å². The van der Waals surface area contributed by atoms with Crippen LogP contribution < -0.4 is 24.8 Å². The summed E-state index contributed by atoms with van der Waals surface area (Å²) in [6.07, 6.45) is 0. The summed E-state index contributed by atoms with van der Waals surface area (Å²) in [5.74, 6) is 0.563. The Bertz CT molecular complexity index is 2100. The third-order valence-corrected chi connectivity index (χ3v) is 8.52. The summed E-state index contributed by atoms with van der Waals surface area (Å²) >= 11 is 1.74. The van der Waals surface area contributed by atoms with E-state index in [1.165, 1.54) is 82.4 Å². The van der Waals surface area contributed by atoms with Gasteiger partial charge in [0.25, 0.3) is 0 Å². The summed E-state index contributed by atoms with van der Waals surface area (Å²) in [4.78, 5) is 0. The van der Waals surface area contributed by atoms with Gasteiger partial charge in [0.05, 0.1) is 0 Å². The molecule has 0 nitrogen and oxygen atoms in total. The van der Waals surface area contributed by atoms with Crippen LogP contribution in [0.2, 0.25) is 13.1 Å². The Kier molecular flexibility index (Phi) is 14.1. The van der Waals surface area contributed by atoms with E-state index in [4.69, 9.17) is 0 Å². The van der Waals surface area contributed by atoms with E-state index in [0.29, 0.717) is 5.92 Å². The Labute approximate surface area is 309 Å². The molecular weight excluding hydrogens is 707 g/mol. The average Bonchev–Trinajstić information content (AvgIpc) is 3.62. The molecule has 7 aromatic carbocycles. The quantitative estimate of drug-likeness (QED) is 0.139. The molecular formula is C43H44Cl2SiZr-2. The van der Waals surface area contributed by atoms with Gasteiger partial charge in [0.1, 0.15) is 0 Å². The zero-order chi connectivity index (χ0) is 32.2. The summed E-state index contributed by atoms with van der Waals surface area (Å²) in [6.45, 7) is 17.9. The van der Waals surface area contributed by atoms with Gasteiger partial charge in [-0.05, 0) is 52.8 Å². The Morgan fingerprint density at radius 2 is 1.15 bits per heavy atom. The van der Waals surface area contributed by atoms with Crippen molar-refractivity contribution in [3.05, 3.63) is 143 Å². The molecule has 240 valence electrons. The predicted molar refractivity (Wildman–Crippen MR) is 198 cm³/mol. The van der Waals surface area contributed by atoms with Gasteiger partial charge in [-0.25, -0.2) is 0 Å². The van der Waals surface area contributed by atoms with Gasteiger partial charge in [0, 0.05) is 0 Å². The molecule has 0 aliphatic rings. The molecule has 0 amide bonds. The first-order valence-electron chi connectivity index (χ1n) is 16.0. The molecule has 0 spiro atoms. The molecule has 0 saturated carbocycles. The van der Waals surface area contributed by atoms with Crippen molar-refractivity contribution in [3.63, 3.8) is 0 Å². The van der Waals surface area contributed by atoms with Gasteiger partial charge >= 0.3 is 41.9 Å². The van der Waals surface area contributed by atoms with Gasteiger partial charge < -0.3 is 24.8 Å². The zero-order valence-corrected chi connectivity index (χ0v) is 33.8. The topological polar surface area (TPSA) is 0 Å². The van der Waals surface area contributed by atoms with E-state index in [9.17, 15) is 0 Å². The predicted octanol–water partition coefficient (Wildman–Crippen LogP) is 6.75. The fourth-order valence-electron chi connectivity index (χ4n) is 6.33. The van der Waals surface area contributed by atoms with Crippen LogP contribution in [0.3, 0.4) is 0 Å². The molecule has 0 aliphatic carbocycles. The van der Waals surface area contributed by atoms with Gasteiger partial charge in [-0.3, -0.25) is 0 Å². The van der Waals surface area contributed by atoms with Crippen molar-refractivity contribution in [2.24, 2.45) is 0 Å². The van der Waals surface area contributed by atoms with Crippen molar-refractivity contribution in [1.82, 2.24) is 0 Å². The minimum Gasteiger partial charge on any atom is -1.00 e. The molecule has 0 aromatic heterocycles. The SMILES string of the molecule is CC(C)c1cc2c(-c3cccc4ccccc34)cccc2[cH-]1.C[Si](C)=[Zr+2].Cc1cc2c(-c3c(C)cccc3C)ccc(C)c2[cH-]1.[Cl-].[Cl-]. The molecule has 7 rings (SSSR count). The Balaban J connectivity index is 0.000000223. The summed E-state index contributed by atoms with van der Waals surface area (Å²) in [7, 11) is 0. The maximum atomic E-state index is 2.36. The van der Waals surface area contributed by atoms with Gasteiger partial charge in [-0.1, -0.05) is 112 Å². The molecule has 0 fully saturated rings. The van der Waals surface area contributed by atoms with Crippen LogP contribution in [-0.2, 0) is 23.3 Å². The van der Waals surface area contributed by atoms with E-state index in [2.05, 4.69) is 170 Å².